The van der Waals surface area contributed by atoms with Crippen LogP contribution in [0.15, 0.2) is 35.1 Å². The van der Waals surface area contributed by atoms with E-state index in [-0.39, 0.29) is 17.9 Å². The van der Waals surface area contributed by atoms with Crippen molar-refractivity contribution in [2.75, 3.05) is 11.1 Å². The van der Waals surface area contributed by atoms with Gasteiger partial charge in [-0.05, 0) is 27.6 Å². The second-order valence-corrected chi connectivity index (χ2v) is 4.72. The van der Waals surface area contributed by atoms with Crippen molar-refractivity contribution in [3.8, 4) is 0 Å². The Balaban J connectivity index is 2.22. The van der Waals surface area contributed by atoms with Gasteiger partial charge in [0.25, 0.3) is 0 Å². The Kier molecular flexibility index (Phi) is 4.12. The lowest BCUT2D eigenvalue weighted by Crippen LogP contribution is -2.12. The molecule has 0 saturated heterocycles. The summed E-state index contributed by atoms with van der Waals surface area (Å²) in [6.45, 7) is -0.0231. The molecule has 1 heterocycles. The molecule has 4 nitrogen and oxygen atoms in total. The summed E-state index contributed by atoms with van der Waals surface area (Å²) in [5, 5.41) is 2.80. The Morgan fingerprint density at radius 2 is 1.90 bits per heavy atom. The van der Waals surface area contributed by atoms with Crippen molar-refractivity contribution < 1.29 is 13.2 Å². The van der Waals surface area contributed by atoms with Crippen molar-refractivity contribution in [1.29, 1.82) is 0 Å². The molecule has 0 saturated carbocycles. The van der Waals surface area contributed by atoms with Crippen LogP contribution in [0.2, 0.25) is 0 Å². The zero-order valence-corrected chi connectivity index (χ0v) is 11.7. The number of nitrogens with one attached hydrogen (secondary N) is 1. The van der Waals surface area contributed by atoms with Gasteiger partial charge in [0.15, 0.2) is 0 Å². The molecule has 0 spiro atoms. The van der Waals surface area contributed by atoms with E-state index in [2.05, 4.69) is 31.2 Å². The van der Waals surface area contributed by atoms with Crippen LogP contribution in [0.5, 0.6) is 0 Å². The van der Waals surface area contributed by atoms with E-state index in [9.17, 15) is 13.2 Å². The molecular weight excluding hydrogens is 337 g/mol. The molecule has 0 atom stereocenters. The van der Waals surface area contributed by atoms with Gasteiger partial charge in [0.05, 0.1) is 5.56 Å². The van der Waals surface area contributed by atoms with E-state index in [4.69, 9.17) is 5.73 Å². The maximum Gasteiger partial charge on any atom is 0.416 e. The molecule has 0 amide bonds. The molecular formula is C12H10BrF3N4. The first-order chi connectivity index (χ1) is 9.39. The largest absolute Gasteiger partial charge is 0.416 e. The molecule has 3 N–H and O–H groups in total. The quantitative estimate of drug-likeness (QED) is 0.893. The average Bonchev–Trinajstić information content (AvgIpc) is 2.40. The van der Waals surface area contributed by atoms with Gasteiger partial charge in [-0.25, -0.2) is 9.97 Å². The number of hydrogen-bond donors (Lipinski definition) is 2. The molecule has 0 aliphatic rings. The summed E-state index contributed by atoms with van der Waals surface area (Å²) in [5.74, 6) is 0.557. The standard InChI is InChI=1S/C12H10BrF3N4/c13-9-10(17)19-6-20-11(9)18-5-7-3-1-2-4-8(7)12(14,15)16/h1-4,6H,5H2,(H3,17,18,19,20). The van der Waals surface area contributed by atoms with Gasteiger partial charge < -0.3 is 11.1 Å². The Morgan fingerprint density at radius 1 is 1.20 bits per heavy atom. The smallest absolute Gasteiger partial charge is 0.383 e. The number of nitrogen functional groups attached to an aromatic ring is 1. The summed E-state index contributed by atoms with van der Waals surface area (Å²) in [4.78, 5) is 7.67. The monoisotopic (exact) mass is 346 g/mol. The molecule has 0 radical (unpaired) electrons. The summed E-state index contributed by atoms with van der Waals surface area (Å²) in [7, 11) is 0. The maximum atomic E-state index is 12.8. The minimum absolute atomic E-state index is 0.0231. The van der Waals surface area contributed by atoms with Crippen LogP contribution < -0.4 is 11.1 Å². The van der Waals surface area contributed by atoms with E-state index in [0.29, 0.717) is 10.3 Å². The lowest BCUT2D eigenvalue weighted by atomic mass is 10.1. The summed E-state index contributed by atoms with van der Waals surface area (Å²) in [6.07, 6.45) is -3.15. The van der Waals surface area contributed by atoms with Crippen LogP contribution in [-0.4, -0.2) is 9.97 Å². The molecule has 20 heavy (non-hydrogen) atoms. The predicted molar refractivity (Wildman–Crippen MR) is 72.9 cm³/mol. The topological polar surface area (TPSA) is 63.8 Å². The fraction of sp³-hybridized carbons (Fsp3) is 0.167. The van der Waals surface area contributed by atoms with Crippen molar-refractivity contribution in [1.82, 2.24) is 9.97 Å². The van der Waals surface area contributed by atoms with Crippen molar-refractivity contribution in [3.63, 3.8) is 0 Å². The van der Waals surface area contributed by atoms with Crippen LogP contribution >= 0.6 is 15.9 Å². The van der Waals surface area contributed by atoms with Gasteiger partial charge in [0.2, 0.25) is 0 Å². The molecule has 106 valence electrons. The van der Waals surface area contributed by atoms with Crippen LogP contribution in [0.25, 0.3) is 0 Å². The highest BCUT2D eigenvalue weighted by Crippen LogP contribution is 2.32. The molecule has 8 heteroatoms. The number of anilines is 2. The van der Waals surface area contributed by atoms with Gasteiger partial charge in [-0.1, -0.05) is 18.2 Å². The van der Waals surface area contributed by atoms with Gasteiger partial charge >= 0.3 is 6.18 Å². The molecule has 0 unspecified atom stereocenters. The SMILES string of the molecule is Nc1ncnc(NCc2ccccc2C(F)(F)F)c1Br. The first-order valence-corrected chi connectivity index (χ1v) is 6.34. The van der Waals surface area contributed by atoms with E-state index < -0.39 is 11.7 Å². The molecule has 1 aromatic carbocycles. The lowest BCUT2D eigenvalue weighted by molar-refractivity contribution is -0.138. The van der Waals surface area contributed by atoms with E-state index in [1.54, 1.807) is 6.07 Å². The second kappa shape index (κ2) is 5.66. The van der Waals surface area contributed by atoms with Gasteiger partial charge in [-0.3, -0.25) is 0 Å². The molecule has 2 aromatic rings. The third kappa shape index (κ3) is 3.19. The Labute approximate surface area is 121 Å². The normalized spacial score (nSPS) is 11.4. The molecule has 0 bridgehead atoms. The van der Waals surface area contributed by atoms with E-state index in [1.165, 1.54) is 18.5 Å². The number of halogens is 4. The lowest BCUT2D eigenvalue weighted by Gasteiger charge is -2.14. The van der Waals surface area contributed by atoms with Gasteiger partial charge in [0, 0.05) is 6.54 Å². The number of nitrogens with zero attached hydrogens (tertiary/aromatic N) is 2. The van der Waals surface area contributed by atoms with Gasteiger partial charge in [0.1, 0.15) is 22.4 Å². The number of aromatic nitrogens is 2. The third-order valence-electron chi connectivity index (χ3n) is 2.59. The summed E-state index contributed by atoms with van der Waals surface area (Å²) in [6, 6.07) is 5.36. The summed E-state index contributed by atoms with van der Waals surface area (Å²) < 4.78 is 38.9. The number of alkyl halides is 3. The number of hydrogen-bond acceptors (Lipinski definition) is 4. The zero-order valence-electron chi connectivity index (χ0n) is 10.1. The highest BCUT2D eigenvalue weighted by molar-refractivity contribution is 9.10. The highest BCUT2D eigenvalue weighted by atomic mass is 79.9. The molecule has 1 aromatic heterocycles. The van der Waals surface area contributed by atoms with Crippen LogP contribution in [0, 0.1) is 0 Å². The first kappa shape index (κ1) is 14.6. The second-order valence-electron chi connectivity index (χ2n) is 3.93. The molecule has 0 fully saturated rings. The molecule has 2 rings (SSSR count). The molecule has 0 aliphatic carbocycles. The van der Waals surface area contributed by atoms with E-state index in [1.807, 2.05) is 0 Å². The number of rotatable bonds is 3. The Bertz CT molecular complexity index is 616. The fourth-order valence-corrected chi connectivity index (χ4v) is 1.98. The van der Waals surface area contributed by atoms with Crippen LogP contribution in [0.3, 0.4) is 0 Å². The van der Waals surface area contributed by atoms with Crippen molar-refractivity contribution >= 4 is 27.6 Å². The third-order valence-corrected chi connectivity index (χ3v) is 3.37. The van der Waals surface area contributed by atoms with Crippen molar-refractivity contribution in [2.24, 2.45) is 0 Å². The highest BCUT2D eigenvalue weighted by Gasteiger charge is 2.32. The summed E-state index contributed by atoms with van der Waals surface area (Å²) >= 11 is 3.18. The van der Waals surface area contributed by atoms with E-state index in [0.717, 1.165) is 6.07 Å². The van der Waals surface area contributed by atoms with Crippen LogP contribution in [-0.2, 0) is 12.7 Å². The van der Waals surface area contributed by atoms with Crippen LogP contribution in [0.4, 0.5) is 24.8 Å². The summed E-state index contributed by atoms with van der Waals surface area (Å²) in [5.41, 5.74) is 5.02. The number of benzene rings is 1. The van der Waals surface area contributed by atoms with Crippen molar-refractivity contribution in [3.05, 3.63) is 46.2 Å². The fourth-order valence-electron chi connectivity index (χ4n) is 1.64. The van der Waals surface area contributed by atoms with Gasteiger partial charge in [-0.15, -0.1) is 0 Å². The molecule has 0 aliphatic heterocycles. The maximum absolute atomic E-state index is 12.8. The minimum Gasteiger partial charge on any atom is -0.383 e. The van der Waals surface area contributed by atoms with Crippen LogP contribution in [0.1, 0.15) is 11.1 Å². The zero-order chi connectivity index (χ0) is 14.8. The minimum atomic E-state index is -4.39. The van der Waals surface area contributed by atoms with Crippen molar-refractivity contribution in [2.45, 2.75) is 12.7 Å². The Morgan fingerprint density at radius 3 is 2.60 bits per heavy atom. The predicted octanol–water partition coefficient (Wildman–Crippen LogP) is 3.45. The van der Waals surface area contributed by atoms with E-state index >= 15 is 0 Å². The Hall–Kier alpha value is -1.83. The number of nitrogens with two attached hydrogens (primary N) is 1. The first-order valence-electron chi connectivity index (χ1n) is 5.54. The van der Waals surface area contributed by atoms with Gasteiger partial charge in [-0.2, -0.15) is 13.2 Å². The average molecular weight is 347 g/mol.